The summed E-state index contributed by atoms with van der Waals surface area (Å²) in [6, 6.07) is -1.16. The molecule has 3 heterocycles. The maximum Gasteiger partial charge on any atom is 0.434 e. The lowest BCUT2D eigenvalue weighted by molar-refractivity contribution is -0.264. The molecule has 2 bridgehead atoms. The average molecular weight is 985 g/mol. The van der Waals surface area contributed by atoms with Crippen LogP contribution in [0.3, 0.4) is 0 Å². The molecule has 394 valence electrons. The summed E-state index contributed by atoms with van der Waals surface area (Å²) in [4.78, 5) is 89.7. The normalized spacial score (nSPS) is 38.2. The predicted octanol–water partition coefficient (Wildman–Crippen LogP) is 7.44. The van der Waals surface area contributed by atoms with E-state index in [0.29, 0.717) is 69.8 Å². The van der Waals surface area contributed by atoms with E-state index >= 15 is 0 Å². The maximum absolute atomic E-state index is 14.5. The maximum atomic E-state index is 14.5. The minimum Gasteiger partial charge on any atom is -0.460 e. The fourth-order valence-electron chi connectivity index (χ4n) is 10.4. The third-order valence-corrected chi connectivity index (χ3v) is 15.4. The number of rotatable bonds is 7. The van der Waals surface area contributed by atoms with Crippen molar-refractivity contribution < 1.29 is 67.5 Å². The highest BCUT2D eigenvalue weighted by molar-refractivity contribution is 6.39. The third kappa shape index (κ3) is 15.5. The lowest BCUT2D eigenvalue weighted by Gasteiger charge is -2.42. The highest BCUT2D eigenvalue weighted by Gasteiger charge is 2.53. The molecule has 16 heteroatoms. The molecule has 16 nitrogen and oxygen atoms in total. The monoisotopic (exact) mass is 985 g/mol. The summed E-state index contributed by atoms with van der Waals surface area (Å²) in [6.07, 6.45) is 11.2. The number of methoxy groups -OCH3 is 2. The number of ether oxygens (including phenoxy) is 5. The Bertz CT molecular complexity index is 1930. The molecule has 0 radical (unpaired) electrons. The van der Waals surface area contributed by atoms with Crippen molar-refractivity contribution in [2.24, 2.45) is 41.4 Å². The van der Waals surface area contributed by atoms with Gasteiger partial charge in [0.1, 0.15) is 36.2 Å². The SMILES string of the molecule is COC1C(=O)C(C)C[C@H](C)/C=C/C=C/C=C(\C)[C@@H](C)C[C@@H]2CCC(C)C(O)(O2)C(=O)C(=O)N2CCCCC2C(=O)O[C@H]([C@H](C)CC2CC[C@@H](OC(=O)N(C)OC)C(OC)C2)CC(=O)[C@H](C)/C=C(\C)[C@H]1O. The number of fused-ring (bicyclic) bond motifs is 3. The van der Waals surface area contributed by atoms with Crippen LogP contribution in [-0.2, 0) is 52.5 Å². The van der Waals surface area contributed by atoms with E-state index in [1.807, 2.05) is 65.0 Å². The number of hydroxylamine groups is 2. The summed E-state index contributed by atoms with van der Waals surface area (Å²) < 4.78 is 29.6. The van der Waals surface area contributed by atoms with E-state index < -0.39 is 95.9 Å². The standard InChI is InChI=1S/C54H84N2O14/c1-32-18-14-13-15-19-33(2)34(3)29-41-23-21-39(8)54(64,70-41)50(60)51(61)56-25-17-16-20-42(56)52(62)68-45(31-43(57)35(4)27-38(7)48(59)49(66-11)47(58)37(6)26-32)36(5)28-40-22-24-44(46(30-40)65-10)69-53(63)55(9)67-12/h13-15,18-19,27,32,34-37,39-42,44-46,48-49,59,64H,16-17,20-26,28-31H2,1-12H3/b15-13+,18-14+,33-19+,38-27+/t32-,34+,35-,36-,37?,39?,40?,41+,42?,44-,45+,46?,48-,49?,54?/m1/s1. The number of carbonyl (C=O) groups is 6. The summed E-state index contributed by atoms with van der Waals surface area (Å²) in [6.45, 7) is 14.9. The van der Waals surface area contributed by atoms with E-state index in [1.165, 1.54) is 26.2 Å². The van der Waals surface area contributed by atoms with Crippen molar-refractivity contribution in [2.75, 3.05) is 34.9 Å². The van der Waals surface area contributed by atoms with Crippen LogP contribution >= 0.6 is 0 Å². The van der Waals surface area contributed by atoms with Crippen LogP contribution in [0.5, 0.6) is 0 Å². The molecule has 2 amide bonds. The van der Waals surface area contributed by atoms with Gasteiger partial charge in [-0.15, -0.1) is 0 Å². The van der Waals surface area contributed by atoms with Gasteiger partial charge in [-0.2, -0.15) is 5.06 Å². The lowest BCUT2D eigenvalue weighted by atomic mass is 9.78. The van der Waals surface area contributed by atoms with Gasteiger partial charge in [0.15, 0.2) is 5.78 Å². The molecule has 2 saturated heterocycles. The summed E-state index contributed by atoms with van der Waals surface area (Å²) in [5.74, 6) is -8.06. The minimum absolute atomic E-state index is 0.0161. The van der Waals surface area contributed by atoms with Crippen LogP contribution in [0.15, 0.2) is 47.6 Å². The van der Waals surface area contributed by atoms with Crippen LogP contribution in [0.2, 0.25) is 0 Å². The number of ketones is 3. The number of Topliss-reactive ketones (excluding diaryl/α,β-unsaturated/α-hetero) is 3. The van der Waals surface area contributed by atoms with Crippen molar-refractivity contribution in [2.45, 2.75) is 181 Å². The van der Waals surface area contributed by atoms with E-state index in [-0.39, 0.29) is 48.7 Å². The lowest BCUT2D eigenvalue weighted by Crippen LogP contribution is -2.60. The molecule has 0 aromatic heterocycles. The molecular weight excluding hydrogens is 901 g/mol. The first-order valence-corrected chi connectivity index (χ1v) is 25.5. The van der Waals surface area contributed by atoms with E-state index in [1.54, 1.807) is 34.0 Å². The van der Waals surface area contributed by atoms with Gasteiger partial charge in [0.05, 0.1) is 19.3 Å². The Morgan fingerprint density at radius 3 is 2.26 bits per heavy atom. The number of hydrogen-bond donors (Lipinski definition) is 2. The van der Waals surface area contributed by atoms with Gasteiger partial charge in [-0.05, 0) is 114 Å². The van der Waals surface area contributed by atoms with Gasteiger partial charge in [0, 0.05) is 52.0 Å². The zero-order valence-corrected chi connectivity index (χ0v) is 43.9. The Morgan fingerprint density at radius 1 is 0.871 bits per heavy atom. The molecule has 1 saturated carbocycles. The molecule has 3 aliphatic heterocycles. The number of aliphatic hydroxyl groups excluding tert-OH is 1. The molecule has 15 atom stereocenters. The Kier molecular flexibility index (Phi) is 22.7. The molecule has 0 spiro atoms. The number of allylic oxidation sites excluding steroid dienone is 7. The highest BCUT2D eigenvalue weighted by Crippen LogP contribution is 2.38. The van der Waals surface area contributed by atoms with E-state index in [4.69, 9.17) is 28.5 Å². The van der Waals surface area contributed by atoms with Crippen LogP contribution in [0.25, 0.3) is 0 Å². The summed E-state index contributed by atoms with van der Waals surface area (Å²) in [5.41, 5.74) is 1.43. The van der Waals surface area contributed by atoms with Crippen LogP contribution < -0.4 is 0 Å². The molecule has 3 fully saturated rings. The minimum atomic E-state index is -2.40. The number of esters is 1. The highest BCUT2D eigenvalue weighted by atomic mass is 16.7. The van der Waals surface area contributed by atoms with Gasteiger partial charge in [0.2, 0.25) is 5.79 Å². The van der Waals surface area contributed by atoms with Crippen LogP contribution in [0.1, 0.15) is 132 Å². The van der Waals surface area contributed by atoms with E-state index in [0.717, 1.165) is 10.6 Å². The summed E-state index contributed by atoms with van der Waals surface area (Å²) in [7, 11) is 5.74. The number of piperidine rings is 1. The van der Waals surface area contributed by atoms with Crippen molar-refractivity contribution in [3.05, 3.63) is 47.6 Å². The third-order valence-electron chi connectivity index (χ3n) is 15.4. The Labute approximate surface area is 416 Å². The molecule has 4 rings (SSSR count). The molecule has 70 heavy (non-hydrogen) atoms. The van der Waals surface area contributed by atoms with Crippen LogP contribution in [0.4, 0.5) is 4.79 Å². The van der Waals surface area contributed by atoms with Gasteiger partial charge in [-0.25, -0.2) is 9.59 Å². The van der Waals surface area contributed by atoms with Gasteiger partial charge in [0.25, 0.3) is 11.7 Å². The Balaban J connectivity index is 1.68. The van der Waals surface area contributed by atoms with Crippen molar-refractivity contribution in [3.63, 3.8) is 0 Å². The Morgan fingerprint density at radius 2 is 1.59 bits per heavy atom. The smallest absolute Gasteiger partial charge is 0.434 e. The second-order valence-electron chi connectivity index (χ2n) is 20.8. The fourth-order valence-corrected chi connectivity index (χ4v) is 10.4. The Hall–Kier alpha value is -4.06. The first kappa shape index (κ1) is 58.5. The van der Waals surface area contributed by atoms with Gasteiger partial charge < -0.3 is 38.8 Å². The number of nitrogens with zero attached hydrogens (tertiary/aromatic N) is 2. The predicted molar refractivity (Wildman–Crippen MR) is 263 cm³/mol. The number of cyclic esters (lactones) is 1. The topological polar surface area (TPSA) is 205 Å². The first-order valence-electron chi connectivity index (χ1n) is 25.5. The number of carbonyl (C=O) groups excluding carboxylic acids is 6. The molecule has 7 unspecified atom stereocenters. The van der Waals surface area contributed by atoms with Crippen molar-refractivity contribution >= 4 is 35.3 Å². The second kappa shape index (κ2) is 27.1. The van der Waals surface area contributed by atoms with Crippen LogP contribution in [0, 0.1) is 41.4 Å². The van der Waals surface area contributed by atoms with Gasteiger partial charge in [-0.3, -0.25) is 24.0 Å². The van der Waals surface area contributed by atoms with E-state index in [2.05, 4.69) is 0 Å². The fraction of sp³-hybridized carbons (Fsp3) is 0.741. The van der Waals surface area contributed by atoms with Gasteiger partial charge >= 0.3 is 12.1 Å². The molecule has 4 aliphatic rings. The van der Waals surface area contributed by atoms with Crippen molar-refractivity contribution in [1.29, 1.82) is 0 Å². The number of amides is 2. The molecule has 0 aromatic carbocycles. The summed E-state index contributed by atoms with van der Waals surface area (Å²) >= 11 is 0. The summed E-state index contributed by atoms with van der Waals surface area (Å²) in [5, 5.41) is 24.4. The molecule has 0 aromatic rings. The van der Waals surface area contributed by atoms with E-state index in [9.17, 15) is 39.0 Å². The van der Waals surface area contributed by atoms with Gasteiger partial charge in [-0.1, -0.05) is 83.6 Å². The van der Waals surface area contributed by atoms with Crippen molar-refractivity contribution in [1.82, 2.24) is 9.96 Å². The zero-order chi connectivity index (χ0) is 52.0. The quantitative estimate of drug-likeness (QED) is 0.110. The van der Waals surface area contributed by atoms with Crippen molar-refractivity contribution in [3.8, 4) is 0 Å². The second-order valence-corrected chi connectivity index (χ2v) is 20.8. The van der Waals surface area contributed by atoms with Crippen LogP contribution in [-0.4, -0.2) is 139 Å². The number of hydrogen-bond acceptors (Lipinski definition) is 14. The average Bonchev–Trinajstić information content (AvgIpc) is 3.33. The molecular formula is C54H84N2O14. The first-order chi connectivity index (χ1) is 33.1. The molecule has 1 aliphatic carbocycles. The number of aliphatic hydroxyl groups is 2. The molecule has 2 N–H and O–H groups in total. The largest absolute Gasteiger partial charge is 0.460 e. The zero-order valence-electron chi connectivity index (χ0n) is 43.9.